The van der Waals surface area contributed by atoms with Crippen molar-refractivity contribution in [1.29, 1.82) is 0 Å². The standard InChI is InChI=1S/C16H30N4/c1-6-17-11-15-13(3)18-20(5)16(15)19(4)14-9-7-12(2)8-10-14/h12,14,17H,6-11H2,1-5H3. The molecule has 0 bridgehead atoms. The van der Waals surface area contributed by atoms with Gasteiger partial charge in [-0.2, -0.15) is 5.10 Å². The highest BCUT2D eigenvalue weighted by molar-refractivity contribution is 5.50. The van der Waals surface area contributed by atoms with E-state index in [4.69, 9.17) is 0 Å². The molecule has 2 rings (SSSR count). The van der Waals surface area contributed by atoms with E-state index in [-0.39, 0.29) is 0 Å². The van der Waals surface area contributed by atoms with Crippen molar-refractivity contribution in [3.63, 3.8) is 0 Å². The first-order valence-corrected chi connectivity index (χ1v) is 8.00. The molecule has 1 N–H and O–H groups in total. The van der Waals surface area contributed by atoms with Crippen molar-refractivity contribution in [1.82, 2.24) is 15.1 Å². The molecule has 0 atom stereocenters. The van der Waals surface area contributed by atoms with E-state index in [2.05, 4.69) is 54.9 Å². The molecule has 1 aromatic heterocycles. The summed E-state index contributed by atoms with van der Waals surface area (Å²) < 4.78 is 2.06. The second-order valence-corrected chi connectivity index (χ2v) is 6.32. The van der Waals surface area contributed by atoms with E-state index in [0.29, 0.717) is 6.04 Å². The van der Waals surface area contributed by atoms with Gasteiger partial charge in [0.1, 0.15) is 5.82 Å². The summed E-state index contributed by atoms with van der Waals surface area (Å²) in [6, 6.07) is 0.668. The second-order valence-electron chi connectivity index (χ2n) is 6.32. The Balaban J connectivity index is 2.17. The summed E-state index contributed by atoms with van der Waals surface area (Å²) in [7, 11) is 4.31. The summed E-state index contributed by atoms with van der Waals surface area (Å²) in [5.74, 6) is 2.19. The molecule has 4 heteroatoms. The molecule has 1 saturated carbocycles. The van der Waals surface area contributed by atoms with Gasteiger partial charge in [-0.1, -0.05) is 13.8 Å². The number of nitrogens with one attached hydrogen (secondary N) is 1. The van der Waals surface area contributed by atoms with Gasteiger partial charge >= 0.3 is 0 Å². The van der Waals surface area contributed by atoms with Crippen LogP contribution in [0.4, 0.5) is 5.82 Å². The van der Waals surface area contributed by atoms with Gasteiger partial charge in [-0.25, -0.2) is 0 Å². The summed E-state index contributed by atoms with van der Waals surface area (Å²) in [6.45, 7) is 8.56. The number of anilines is 1. The second kappa shape index (κ2) is 6.61. The molecule has 1 fully saturated rings. The fraction of sp³-hybridized carbons (Fsp3) is 0.812. The Hall–Kier alpha value is -1.03. The lowest BCUT2D eigenvalue weighted by Crippen LogP contribution is -2.36. The van der Waals surface area contributed by atoms with Crippen LogP contribution in [0.3, 0.4) is 0 Å². The molecule has 0 radical (unpaired) electrons. The summed E-state index contributed by atoms with van der Waals surface area (Å²) in [5.41, 5.74) is 2.51. The SMILES string of the molecule is CCNCc1c(C)nn(C)c1N(C)C1CCC(C)CC1. The molecule has 0 aliphatic heterocycles. The van der Waals surface area contributed by atoms with E-state index < -0.39 is 0 Å². The molecule has 0 aromatic carbocycles. The first-order chi connectivity index (χ1) is 9.54. The molecular weight excluding hydrogens is 248 g/mol. The van der Waals surface area contributed by atoms with Gasteiger partial charge in [0, 0.05) is 32.2 Å². The highest BCUT2D eigenvalue weighted by Crippen LogP contribution is 2.31. The third kappa shape index (κ3) is 3.17. The first kappa shape index (κ1) is 15.4. The molecule has 0 spiro atoms. The van der Waals surface area contributed by atoms with E-state index in [1.165, 1.54) is 37.1 Å². The third-order valence-corrected chi connectivity index (χ3v) is 4.73. The highest BCUT2D eigenvalue weighted by Gasteiger charge is 2.26. The van der Waals surface area contributed by atoms with Crippen LogP contribution in [0.25, 0.3) is 0 Å². The molecular formula is C16H30N4. The minimum atomic E-state index is 0.668. The quantitative estimate of drug-likeness (QED) is 0.899. The maximum absolute atomic E-state index is 4.63. The molecule has 0 unspecified atom stereocenters. The van der Waals surface area contributed by atoms with Crippen molar-refractivity contribution in [3.05, 3.63) is 11.3 Å². The molecule has 20 heavy (non-hydrogen) atoms. The lowest BCUT2D eigenvalue weighted by Gasteiger charge is -2.35. The molecule has 1 heterocycles. The van der Waals surface area contributed by atoms with Crippen LogP contribution < -0.4 is 10.2 Å². The van der Waals surface area contributed by atoms with E-state index >= 15 is 0 Å². The maximum Gasteiger partial charge on any atom is 0.131 e. The van der Waals surface area contributed by atoms with Gasteiger partial charge in [-0.3, -0.25) is 4.68 Å². The zero-order valence-corrected chi connectivity index (χ0v) is 13.7. The summed E-state index contributed by atoms with van der Waals surface area (Å²) >= 11 is 0. The van der Waals surface area contributed by atoms with Crippen LogP contribution in [-0.2, 0) is 13.6 Å². The van der Waals surface area contributed by atoms with Crippen molar-refractivity contribution in [3.8, 4) is 0 Å². The Kier molecular flexibility index (Phi) is 5.08. The van der Waals surface area contributed by atoms with E-state index in [0.717, 1.165) is 24.7 Å². The molecule has 1 aromatic rings. The number of hydrogen-bond donors (Lipinski definition) is 1. The Morgan fingerprint density at radius 3 is 2.55 bits per heavy atom. The van der Waals surface area contributed by atoms with Crippen LogP contribution in [0.2, 0.25) is 0 Å². The average Bonchev–Trinajstić information content (AvgIpc) is 2.70. The van der Waals surface area contributed by atoms with Crippen molar-refractivity contribution >= 4 is 5.82 Å². The fourth-order valence-electron chi connectivity index (χ4n) is 3.39. The Labute approximate surface area is 123 Å². The Morgan fingerprint density at radius 2 is 1.95 bits per heavy atom. The van der Waals surface area contributed by atoms with Gasteiger partial charge in [0.2, 0.25) is 0 Å². The van der Waals surface area contributed by atoms with Crippen molar-refractivity contribution in [2.75, 3.05) is 18.5 Å². The Morgan fingerprint density at radius 1 is 1.30 bits per heavy atom. The first-order valence-electron chi connectivity index (χ1n) is 8.00. The zero-order valence-electron chi connectivity index (χ0n) is 13.7. The van der Waals surface area contributed by atoms with Gasteiger partial charge < -0.3 is 10.2 Å². The van der Waals surface area contributed by atoms with Crippen LogP contribution in [0.1, 0.15) is 50.8 Å². The van der Waals surface area contributed by atoms with Gasteiger partial charge in [-0.15, -0.1) is 0 Å². The van der Waals surface area contributed by atoms with Crippen LogP contribution in [0, 0.1) is 12.8 Å². The molecule has 4 nitrogen and oxygen atoms in total. The number of aromatic nitrogens is 2. The highest BCUT2D eigenvalue weighted by atomic mass is 15.4. The Bertz CT molecular complexity index is 430. The number of rotatable bonds is 5. The van der Waals surface area contributed by atoms with Crippen molar-refractivity contribution in [2.45, 2.75) is 59.0 Å². The number of nitrogens with zero attached hydrogens (tertiary/aromatic N) is 3. The lowest BCUT2D eigenvalue weighted by molar-refractivity contribution is 0.338. The summed E-state index contributed by atoms with van der Waals surface area (Å²) in [5, 5.41) is 8.07. The molecule has 114 valence electrons. The minimum Gasteiger partial charge on any atom is -0.357 e. The van der Waals surface area contributed by atoms with Crippen molar-refractivity contribution in [2.24, 2.45) is 13.0 Å². The van der Waals surface area contributed by atoms with Gasteiger partial charge in [0.25, 0.3) is 0 Å². The summed E-state index contributed by atoms with van der Waals surface area (Å²) in [4.78, 5) is 2.47. The van der Waals surface area contributed by atoms with E-state index in [9.17, 15) is 0 Å². The van der Waals surface area contributed by atoms with Crippen LogP contribution in [0.15, 0.2) is 0 Å². The fourth-order valence-corrected chi connectivity index (χ4v) is 3.39. The zero-order chi connectivity index (χ0) is 14.7. The molecule has 1 aliphatic rings. The maximum atomic E-state index is 4.63. The molecule has 1 aliphatic carbocycles. The van der Waals surface area contributed by atoms with Crippen molar-refractivity contribution < 1.29 is 0 Å². The number of aryl methyl sites for hydroxylation is 2. The van der Waals surface area contributed by atoms with Gasteiger partial charge in [-0.05, 0) is 45.1 Å². The van der Waals surface area contributed by atoms with Crippen LogP contribution >= 0.6 is 0 Å². The number of hydrogen-bond acceptors (Lipinski definition) is 3. The summed E-state index contributed by atoms with van der Waals surface area (Å²) in [6.07, 6.45) is 5.33. The monoisotopic (exact) mass is 278 g/mol. The van der Waals surface area contributed by atoms with Gasteiger partial charge in [0.15, 0.2) is 0 Å². The smallest absolute Gasteiger partial charge is 0.131 e. The predicted octanol–water partition coefficient (Wildman–Crippen LogP) is 2.85. The predicted molar refractivity (Wildman–Crippen MR) is 85.1 cm³/mol. The van der Waals surface area contributed by atoms with Crippen LogP contribution in [0.5, 0.6) is 0 Å². The molecule has 0 amide bonds. The lowest BCUT2D eigenvalue weighted by atomic mass is 9.86. The largest absolute Gasteiger partial charge is 0.357 e. The normalized spacial score (nSPS) is 23.1. The van der Waals surface area contributed by atoms with E-state index in [1.54, 1.807) is 0 Å². The third-order valence-electron chi connectivity index (χ3n) is 4.73. The van der Waals surface area contributed by atoms with Crippen LogP contribution in [-0.4, -0.2) is 29.4 Å². The van der Waals surface area contributed by atoms with Gasteiger partial charge in [0.05, 0.1) is 5.69 Å². The molecule has 0 saturated heterocycles. The minimum absolute atomic E-state index is 0.668. The average molecular weight is 278 g/mol. The topological polar surface area (TPSA) is 33.1 Å². The van der Waals surface area contributed by atoms with E-state index in [1.807, 2.05) is 0 Å².